The van der Waals surface area contributed by atoms with Crippen LogP contribution in [-0.4, -0.2) is 31.1 Å². The van der Waals surface area contributed by atoms with Gasteiger partial charge in [-0.2, -0.15) is 0 Å². The summed E-state index contributed by atoms with van der Waals surface area (Å²) in [5, 5.41) is 3.48. The maximum atomic E-state index is 3.48. The number of nitrogens with one attached hydrogen (secondary N) is 1. The van der Waals surface area contributed by atoms with Crippen molar-refractivity contribution in [2.75, 3.05) is 26.2 Å². The van der Waals surface area contributed by atoms with Crippen LogP contribution in [0, 0.1) is 19.8 Å². The molecule has 1 aliphatic heterocycles. The van der Waals surface area contributed by atoms with E-state index in [1.165, 1.54) is 49.2 Å². The molecule has 0 amide bonds. The van der Waals surface area contributed by atoms with Crippen molar-refractivity contribution in [2.45, 2.75) is 40.2 Å². The van der Waals surface area contributed by atoms with Crippen molar-refractivity contribution >= 4 is 0 Å². The molecule has 0 bridgehead atoms. The zero-order valence-electron chi connectivity index (χ0n) is 12.7. The minimum atomic E-state index is 0.885. The molecule has 0 radical (unpaired) electrons. The molecule has 1 aromatic carbocycles. The summed E-state index contributed by atoms with van der Waals surface area (Å²) in [7, 11) is 0. The third-order valence-corrected chi connectivity index (χ3v) is 4.08. The van der Waals surface area contributed by atoms with Crippen molar-refractivity contribution < 1.29 is 0 Å². The van der Waals surface area contributed by atoms with Gasteiger partial charge < -0.3 is 5.32 Å². The zero-order valence-corrected chi connectivity index (χ0v) is 12.7. The van der Waals surface area contributed by atoms with Gasteiger partial charge in [0, 0.05) is 6.54 Å². The molecule has 0 aromatic heterocycles. The molecule has 0 unspecified atom stereocenters. The quantitative estimate of drug-likeness (QED) is 0.875. The molecule has 0 spiro atoms. The molecule has 2 rings (SSSR count). The van der Waals surface area contributed by atoms with Crippen LogP contribution < -0.4 is 5.32 Å². The fourth-order valence-electron chi connectivity index (χ4n) is 3.12. The normalized spacial score (nSPS) is 17.8. The molecule has 1 N–H and O–H groups in total. The SMILES string of the molecule is CCNCC1CCN(Cc2cc(C)cc(C)c2)CC1. The highest BCUT2D eigenvalue weighted by atomic mass is 15.1. The second-order valence-electron chi connectivity index (χ2n) is 6.02. The molecule has 1 heterocycles. The molecule has 1 fully saturated rings. The summed E-state index contributed by atoms with van der Waals surface area (Å²) in [6, 6.07) is 6.92. The summed E-state index contributed by atoms with van der Waals surface area (Å²) in [6.07, 6.45) is 2.69. The van der Waals surface area contributed by atoms with E-state index in [-0.39, 0.29) is 0 Å². The summed E-state index contributed by atoms with van der Waals surface area (Å²) in [4.78, 5) is 2.61. The van der Waals surface area contributed by atoms with Gasteiger partial charge >= 0.3 is 0 Å². The number of hydrogen-bond donors (Lipinski definition) is 1. The summed E-state index contributed by atoms with van der Waals surface area (Å²) in [5.41, 5.74) is 4.25. The summed E-state index contributed by atoms with van der Waals surface area (Å²) >= 11 is 0. The summed E-state index contributed by atoms with van der Waals surface area (Å²) in [6.45, 7) is 12.5. The Hall–Kier alpha value is -0.860. The Morgan fingerprint density at radius 1 is 1.11 bits per heavy atom. The zero-order chi connectivity index (χ0) is 13.7. The summed E-state index contributed by atoms with van der Waals surface area (Å²) in [5.74, 6) is 0.885. The molecule has 1 saturated heterocycles. The van der Waals surface area contributed by atoms with E-state index in [1.807, 2.05) is 0 Å². The smallest absolute Gasteiger partial charge is 0.0233 e. The van der Waals surface area contributed by atoms with Crippen LogP contribution in [0.3, 0.4) is 0 Å². The highest BCUT2D eigenvalue weighted by Crippen LogP contribution is 2.19. The van der Waals surface area contributed by atoms with Gasteiger partial charge in [0.05, 0.1) is 0 Å². The third kappa shape index (κ3) is 4.63. The van der Waals surface area contributed by atoms with Gasteiger partial charge in [0.15, 0.2) is 0 Å². The Kier molecular flexibility index (Phi) is 5.41. The molecule has 0 saturated carbocycles. The predicted octanol–water partition coefficient (Wildman–Crippen LogP) is 3.12. The van der Waals surface area contributed by atoms with Crippen LogP contribution in [0.25, 0.3) is 0 Å². The second kappa shape index (κ2) is 7.06. The Labute approximate surface area is 118 Å². The first-order valence-electron chi connectivity index (χ1n) is 7.67. The lowest BCUT2D eigenvalue weighted by molar-refractivity contribution is 0.176. The summed E-state index contributed by atoms with van der Waals surface area (Å²) < 4.78 is 0. The van der Waals surface area contributed by atoms with Crippen molar-refractivity contribution in [3.05, 3.63) is 34.9 Å². The van der Waals surface area contributed by atoms with Crippen molar-refractivity contribution in [3.63, 3.8) is 0 Å². The standard InChI is InChI=1S/C17H28N2/c1-4-18-12-16-5-7-19(8-6-16)13-17-10-14(2)9-15(3)11-17/h9-11,16,18H,4-8,12-13H2,1-3H3. The molecule has 19 heavy (non-hydrogen) atoms. The maximum Gasteiger partial charge on any atom is 0.0233 e. The minimum absolute atomic E-state index is 0.885. The Balaban J connectivity index is 1.82. The fourth-order valence-corrected chi connectivity index (χ4v) is 3.12. The number of benzene rings is 1. The number of hydrogen-bond acceptors (Lipinski definition) is 2. The van der Waals surface area contributed by atoms with E-state index < -0.39 is 0 Å². The highest BCUT2D eigenvalue weighted by molar-refractivity contribution is 5.28. The van der Waals surface area contributed by atoms with Gasteiger partial charge in [0.2, 0.25) is 0 Å². The predicted molar refractivity (Wildman–Crippen MR) is 82.5 cm³/mol. The van der Waals surface area contributed by atoms with Crippen LogP contribution >= 0.6 is 0 Å². The Morgan fingerprint density at radius 2 is 1.74 bits per heavy atom. The number of rotatable bonds is 5. The van der Waals surface area contributed by atoms with Gasteiger partial charge in [-0.05, 0) is 64.3 Å². The first kappa shape index (κ1) is 14.5. The molecular weight excluding hydrogens is 232 g/mol. The average molecular weight is 260 g/mol. The molecule has 0 aliphatic carbocycles. The van der Waals surface area contributed by atoms with Crippen molar-refractivity contribution in [1.29, 1.82) is 0 Å². The van der Waals surface area contributed by atoms with E-state index >= 15 is 0 Å². The van der Waals surface area contributed by atoms with Gasteiger partial charge in [-0.3, -0.25) is 4.90 Å². The number of aryl methyl sites for hydroxylation is 2. The molecule has 2 heteroatoms. The molecule has 1 aromatic rings. The number of nitrogens with zero attached hydrogens (tertiary/aromatic N) is 1. The first-order chi connectivity index (χ1) is 9.17. The maximum absolute atomic E-state index is 3.48. The van der Waals surface area contributed by atoms with Crippen LogP contribution in [0.1, 0.15) is 36.5 Å². The third-order valence-electron chi connectivity index (χ3n) is 4.08. The van der Waals surface area contributed by atoms with Gasteiger partial charge in [-0.1, -0.05) is 36.2 Å². The van der Waals surface area contributed by atoms with Crippen molar-refractivity contribution in [2.24, 2.45) is 5.92 Å². The van der Waals surface area contributed by atoms with Gasteiger partial charge in [-0.15, -0.1) is 0 Å². The average Bonchev–Trinajstić information content (AvgIpc) is 2.37. The molecule has 106 valence electrons. The molecule has 0 atom stereocenters. The fraction of sp³-hybridized carbons (Fsp3) is 0.647. The second-order valence-corrected chi connectivity index (χ2v) is 6.02. The minimum Gasteiger partial charge on any atom is -0.317 e. The topological polar surface area (TPSA) is 15.3 Å². The van der Waals surface area contributed by atoms with Gasteiger partial charge in [-0.25, -0.2) is 0 Å². The van der Waals surface area contributed by atoms with Gasteiger partial charge in [0.1, 0.15) is 0 Å². The van der Waals surface area contributed by atoms with E-state index in [0.29, 0.717) is 0 Å². The lowest BCUT2D eigenvalue weighted by atomic mass is 9.96. The number of piperidine rings is 1. The van der Waals surface area contributed by atoms with E-state index in [4.69, 9.17) is 0 Å². The lowest BCUT2D eigenvalue weighted by Crippen LogP contribution is -2.36. The van der Waals surface area contributed by atoms with Crippen molar-refractivity contribution in [1.82, 2.24) is 10.2 Å². The van der Waals surface area contributed by atoms with E-state index in [9.17, 15) is 0 Å². The Bertz CT molecular complexity index is 372. The Morgan fingerprint density at radius 3 is 2.32 bits per heavy atom. The largest absolute Gasteiger partial charge is 0.317 e. The van der Waals surface area contributed by atoms with Crippen LogP contribution in [0.5, 0.6) is 0 Å². The van der Waals surface area contributed by atoms with E-state index in [2.05, 4.69) is 49.2 Å². The van der Waals surface area contributed by atoms with Crippen LogP contribution in [0.2, 0.25) is 0 Å². The lowest BCUT2D eigenvalue weighted by Gasteiger charge is -2.32. The van der Waals surface area contributed by atoms with Crippen LogP contribution in [0.4, 0.5) is 0 Å². The van der Waals surface area contributed by atoms with Crippen molar-refractivity contribution in [3.8, 4) is 0 Å². The van der Waals surface area contributed by atoms with Crippen LogP contribution in [-0.2, 0) is 6.54 Å². The first-order valence-corrected chi connectivity index (χ1v) is 7.67. The molecular formula is C17H28N2. The molecule has 2 nitrogen and oxygen atoms in total. The molecule has 1 aliphatic rings. The van der Waals surface area contributed by atoms with E-state index in [1.54, 1.807) is 0 Å². The highest BCUT2D eigenvalue weighted by Gasteiger charge is 2.18. The van der Waals surface area contributed by atoms with E-state index in [0.717, 1.165) is 19.0 Å². The van der Waals surface area contributed by atoms with Crippen LogP contribution in [0.15, 0.2) is 18.2 Å². The van der Waals surface area contributed by atoms with Gasteiger partial charge in [0.25, 0.3) is 0 Å². The number of likely N-dealkylation sites (tertiary alicyclic amines) is 1. The monoisotopic (exact) mass is 260 g/mol.